The minimum Gasteiger partial charge on any atom is -0.481 e. The molecule has 1 aromatic carbocycles. The van der Waals surface area contributed by atoms with Crippen LogP contribution in [0.15, 0.2) is 18.2 Å². The predicted octanol–water partition coefficient (Wildman–Crippen LogP) is 2.09. The maximum absolute atomic E-state index is 12.4. The van der Waals surface area contributed by atoms with E-state index in [9.17, 15) is 9.59 Å². The van der Waals surface area contributed by atoms with Crippen molar-refractivity contribution in [1.82, 2.24) is 5.32 Å². The molecule has 1 saturated carbocycles. The number of nitrogens with one attached hydrogen (secondary N) is 1. The Balaban J connectivity index is 2.20. The van der Waals surface area contributed by atoms with Gasteiger partial charge in [-0.05, 0) is 37.5 Å². The van der Waals surface area contributed by atoms with Crippen molar-refractivity contribution >= 4 is 17.6 Å². The summed E-state index contributed by atoms with van der Waals surface area (Å²) >= 11 is 0. The molecular weight excluding hydrogens is 256 g/mol. The zero-order chi connectivity index (χ0) is 14.8. The van der Waals surface area contributed by atoms with E-state index in [1.54, 1.807) is 25.1 Å². The third-order valence-corrected chi connectivity index (χ3v) is 4.05. The number of benzene rings is 1. The fourth-order valence-electron chi connectivity index (χ4n) is 2.89. The van der Waals surface area contributed by atoms with Gasteiger partial charge in [0.1, 0.15) is 0 Å². The third kappa shape index (κ3) is 2.92. The van der Waals surface area contributed by atoms with Gasteiger partial charge in [0.15, 0.2) is 0 Å². The van der Waals surface area contributed by atoms with E-state index in [4.69, 9.17) is 10.8 Å². The average molecular weight is 276 g/mol. The van der Waals surface area contributed by atoms with E-state index in [2.05, 4.69) is 5.32 Å². The summed E-state index contributed by atoms with van der Waals surface area (Å²) < 4.78 is 0. The summed E-state index contributed by atoms with van der Waals surface area (Å²) in [4.78, 5) is 23.4. The lowest BCUT2D eigenvalue weighted by atomic mass is 9.92. The van der Waals surface area contributed by atoms with Gasteiger partial charge in [0.25, 0.3) is 5.91 Å². The summed E-state index contributed by atoms with van der Waals surface area (Å²) in [7, 11) is 0. The number of aliphatic carboxylic acids is 1. The molecule has 5 nitrogen and oxygen atoms in total. The van der Waals surface area contributed by atoms with E-state index < -0.39 is 11.5 Å². The molecule has 4 N–H and O–H groups in total. The predicted molar refractivity (Wildman–Crippen MR) is 76.5 cm³/mol. The lowest BCUT2D eigenvalue weighted by molar-refractivity contribution is -0.138. The lowest BCUT2D eigenvalue weighted by Gasteiger charge is -2.29. The van der Waals surface area contributed by atoms with Gasteiger partial charge in [0.05, 0.1) is 12.0 Å². The van der Waals surface area contributed by atoms with Gasteiger partial charge < -0.3 is 16.2 Å². The number of carboxylic acid groups (broad SMARTS) is 1. The molecule has 1 aliphatic rings. The molecule has 0 radical (unpaired) electrons. The number of amides is 1. The fraction of sp³-hybridized carbons (Fsp3) is 0.467. The number of anilines is 1. The molecule has 0 aliphatic heterocycles. The Morgan fingerprint density at radius 3 is 2.60 bits per heavy atom. The molecule has 1 fully saturated rings. The third-order valence-electron chi connectivity index (χ3n) is 4.05. The summed E-state index contributed by atoms with van der Waals surface area (Å²) in [5, 5.41) is 12.0. The fourth-order valence-corrected chi connectivity index (χ4v) is 2.89. The minimum absolute atomic E-state index is 0.0277. The first-order valence-electron chi connectivity index (χ1n) is 6.83. The highest BCUT2D eigenvalue weighted by Gasteiger charge is 2.37. The van der Waals surface area contributed by atoms with Crippen LogP contribution >= 0.6 is 0 Å². The van der Waals surface area contributed by atoms with Gasteiger partial charge in [-0.2, -0.15) is 0 Å². The molecule has 1 aromatic rings. The van der Waals surface area contributed by atoms with Crippen molar-refractivity contribution in [3.05, 3.63) is 29.3 Å². The largest absolute Gasteiger partial charge is 0.481 e. The maximum atomic E-state index is 12.4. The molecule has 20 heavy (non-hydrogen) atoms. The first kappa shape index (κ1) is 14.4. The smallest absolute Gasteiger partial charge is 0.305 e. The Kier molecular flexibility index (Phi) is 3.97. The molecule has 0 unspecified atom stereocenters. The van der Waals surface area contributed by atoms with Crippen LogP contribution in [0.2, 0.25) is 0 Å². The van der Waals surface area contributed by atoms with Crippen molar-refractivity contribution in [2.24, 2.45) is 0 Å². The molecule has 0 heterocycles. The van der Waals surface area contributed by atoms with Crippen LogP contribution in [-0.2, 0) is 4.79 Å². The molecule has 2 rings (SSSR count). The first-order chi connectivity index (χ1) is 9.43. The molecule has 0 saturated heterocycles. The van der Waals surface area contributed by atoms with Crippen molar-refractivity contribution in [2.75, 3.05) is 5.73 Å². The van der Waals surface area contributed by atoms with Crippen LogP contribution < -0.4 is 11.1 Å². The topological polar surface area (TPSA) is 92.4 Å². The van der Waals surface area contributed by atoms with Gasteiger partial charge in [0.2, 0.25) is 0 Å². The Bertz CT molecular complexity index is 534. The molecule has 0 atom stereocenters. The summed E-state index contributed by atoms with van der Waals surface area (Å²) in [6.07, 6.45) is 3.30. The molecule has 0 aromatic heterocycles. The van der Waals surface area contributed by atoms with E-state index in [0.717, 1.165) is 18.4 Å². The van der Waals surface area contributed by atoms with E-state index >= 15 is 0 Å². The van der Waals surface area contributed by atoms with Crippen molar-refractivity contribution in [2.45, 2.75) is 44.6 Å². The van der Waals surface area contributed by atoms with Crippen molar-refractivity contribution in [3.8, 4) is 0 Å². The Hall–Kier alpha value is -2.04. The Morgan fingerprint density at radius 2 is 2.00 bits per heavy atom. The highest BCUT2D eigenvalue weighted by molar-refractivity contribution is 5.97. The van der Waals surface area contributed by atoms with E-state index in [1.807, 2.05) is 0 Å². The number of nitrogen functional groups attached to an aromatic ring is 1. The van der Waals surface area contributed by atoms with Crippen LogP contribution in [0.25, 0.3) is 0 Å². The highest BCUT2D eigenvalue weighted by atomic mass is 16.4. The van der Waals surface area contributed by atoms with Crippen LogP contribution in [0, 0.1) is 6.92 Å². The quantitative estimate of drug-likeness (QED) is 0.734. The second kappa shape index (κ2) is 5.53. The van der Waals surface area contributed by atoms with Gasteiger partial charge in [-0.3, -0.25) is 9.59 Å². The SMILES string of the molecule is Cc1c(N)cccc1C(=O)NC1(CC(=O)O)CCCC1. The molecule has 0 spiro atoms. The van der Waals surface area contributed by atoms with Crippen molar-refractivity contribution in [3.63, 3.8) is 0 Å². The van der Waals surface area contributed by atoms with E-state index in [1.165, 1.54) is 0 Å². The maximum Gasteiger partial charge on any atom is 0.305 e. The van der Waals surface area contributed by atoms with Crippen molar-refractivity contribution in [1.29, 1.82) is 0 Å². The summed E-state index contributed by atoms with van der Waals surface area (Å²) in [6, 6.07) is 5.19. The number of rotatable bonds is 4. The second-order valence-electron chi connectivity index (χ2n) is 5.53. The zero-order valence-corrected chi connectivity index (χ0v) is 11.6. The summed E-state index contributed by atoms with van der Waals surface area (Å²) in [5.41, 5.74) is 7.01. The van der Waals surface area contributed by atoms with Gasteiger partial charge in [-0.1, -0.05) is 18.9 Å². The van der Waals surface area contributed by atoms with Gasteiger partial charge in [-0.25, -0.2) is 0 Å². The second-order valence-corrected chi connectivity index (χ2v) is 5.53. The molecule has 1 aliphatic carbocycles. The number of nitrogens with two attached hydrogens (primary N) is 1. The number of hydrogen-bond acceptors (Lipinski definition) is 3. The number of carbonyl (C=O) groups excluding carboxylic acids is 1. The first-order valence-corrected chi connectivity index (χ1v) is 6.83. The van der Waals surface area contributed by atoms with Crippen LogP contribution in [0.4, 0.5) is 5.69 Å². The van der Waals surface area contributed by atoms with Crippen LogP contribution in [-0.4, -0.2) is 22.5 Å². The molecular formula is C15H20N2O3. The average Bonchev–Trinajstić information content (AvgIpc) is 2.79. The number of hydrogen-bond donors (Lipinski definition) is 3. The molecule has 1 amide bonds. The lowest BCUT2D eigenvalue weighted by Crippen LogP contribution is -2.48. The normalized spacial score (nSPS) is 16.9. The van der Waals surface area contributed by atoms with E-state index in [0.29, 0.717) is 24.1 Å². The van der Waals surface area contributed by atoms with Gasteiger partial charge >= 0.3 is 5.97 Å². The van der Waals surface area contributed by atoms with Gasteiger partial charge in [-0.15, -0.1) is 0 Å². The van der Waals surface area contributed by atoms with Gasteiger partial charge in [0, 0.05) is 11.3 Å². The standard InChI is InChI=1S/C15H20N2O3/c1-10-11(5-4-6-12(10)16)14(20)17-15(9-13(18)19)7-2-3-8-15/h4-6H,2-3,7-9,16H2,1H3,(H,17,20)(H,18,19). The van der Waals surface area contributed by atoms with Crippen molar-refractivity contribution < 1.29 is 14.7 Å². The van der Waals surface area contributed by atoms with Crippen LogP contribution in [0.1, 0.15) is 48.0 Å². The Morgan fingerprint density at radius 1 is 1.35 bits per heavy atom. The monoisotopic (exact) mass is 276 g/mol. The van der Waals surface area contributed by atoms with Crippen LogP contribution in [0.3, 0.4) is 0 Å². The number of carbonyl (C=O) groups is 2. The number of carboxylic acids is 1. The molecule has 0 bridgehead atoms. The van der Waals surface area contributed by atoms with E-state index in [-0.39, 0.29) is 12.3 Å². The van der Waals surface area contributed by atoms with Crippen LogP contribution in [0.5, 0.6) is 0 Å². The zero-order valence-electron chi connectivity index (χ0n) is 11.6. The Labute approximate surface area is 118 Å². The summed E-state index contributed by atoms with van der Waals surface area (Å²) in [6.45, 7) is 1.79. The minimum atomic E-state index is -0.878. The summed E-state index contributed by atoms with van der Waals surface area (Å²) in [5.74, 6) is -1.12. The molecule has 108 valence electrons. The molecule has 5 heteroatoms. The highest BCUT2D eigenvalue weighted by Crippen LogP contribution is 2.33.